The quantitative estimate of drug-likeness (QED) is 0.794. The molecule has 0 radical (unpaired) electrons. The Morgan fingerprint density at radius 1 is 1.00 bits per heavy atom. The minimum Gasteiger partial charge on any atom is -0.481 e. The number of amides is 1. The fourth-order valence-electron chi connectivity index (χ4n) is 3.06. The van der Waals surface area contributed by atoms with Gasteiger partial charge in [-0.05, 0) is 38.5 Å². The van der Waals surface area contributed by atoms with Crippen LogP contribution in [0, 0.1) is 11.8 Å². The van der Waals surface area contributed by atoms with Crippen molar-refractivity contribution in [2.75, 3.05) is 11.5 Å². The molecular weight excluding hydrogens is 282 g/mol. The highest BCUT2D eigenvalue weighted by Crippen LogP contribution is 2.29. The Morgan fingerprint density at radius 2 is 1.60 bits per heavy atom. The summed E-state index contributed by atoms with van der Waals surface area (Å²) >= 11 is 0. The van der Waals surface area contributed by atoms with Crippen LogP contribution in [0.5, 0.6) is 0 Å². The van der Waals surface area contributed by atoms with Gasteiger partial charge in [-0.3, -0.25) is 9.59 Å². The minimum absolute atomic E-state index is 0.0310. The Kier molecular flexibility index (Phi) is 4.67. The molecule has 1 aliphatic carbocycles. The topological polar surface area (TPSA) is 101 Å². The van der Waals surface area contributed by atoms with Crippen LogP contribution in [0.15, 0.2) is 0 Å². The number of carbonyl (C=O) groups excluding carboxylic acids is 1. The number of carboxylic acid groups (broad SMARTS) is 1. The molecule has 0 spiro atoms. The molecular formula is C13H21NO5S. The molecule has 0 aromatic carbocycles. The summed E-state index contributed by atoms with van der Waals surface area (Å²) in [6, 6.07) is -0.279. The van der Waals surface area contributed by atoms with Crippen LogP contribution < -0.4 is 5.32 Å². The van der Waals surface area contributed by atoms with E-state index in [4.69, 9.17) is 5.11 Å². The van der Waals surface area contributed by atoms with E-state index in [1.165, 1.54) is 0 Å². The van der Waals surface area contributed by atoms with Crippen LogP contribution in [0.25, 0.3) is 0 Å². The van der Waals surface area contributed by atoms with Crippen molar-refractivity contribution in [2.45, 2.75) is 44.6 Å². The first-order chi connectivity index (χ1) is 9.37. The Hall–Kier alpha value is -1.11. The molecule has 114 valence electrons. The molecule has 1 unspecified atom stereocenters. The van der Waals surface area contributed by atoms with Gasteiger partial charge in [0.2, 0.25) is 5.91 Å². The van der Waals surface area contributed by atoms with Gasteiger partial charge in [0.1, 0.15) is 0 Å². The van der Waals surface area contributed by atoms with Crippen molar-refractivity contribution in [3.63, 3.8) is 0 Å². The van der Waals surface area contributed by atoms with Crippen molar-refractivity contribution < 1.29 is 23.1 Å². The third-order valence-electron chi connectivity index (χ3n) is 4.26. The van der Waals surface area contributed by atoms with Gasteiger partial charge in [0.05, 0.1) is 17.4 Å². The zero-order valence-electron chi connectivity index (χ0n) is 11.4. The van der Waals surface area contributed by atoms with Crippen molar-refractivity contribution in [3.8, 4) is 0 Å². The number of hydrogen-bond acceptors (Lipinski definition) is 4. The summed E-state index contributed by atoms with van der Waals surface area (Å²) in [6.07, 6.45) is 3.49. The van der Waals surface area contributed by atoms with E-state index in [0.29, 0.717) is 38.5 Å². The van der Waals surface area contributed by atoms with Gasteiger partial charge in [0.25, 0.3) is 0 Å². The van der Waals surface area contributed by atoms with Gasteiger partial charge in [-0.25, -0.2) is 8.42 Å². The maximum atomic E-state index is 12.1. The van der Waals surface area contributed by atoms with Gasteiger partial charge >= 0.3 is 5.97 Å². The van der Waals surface area contributed by atoms with E-state index in [-0.39, 0.29) is 35.3 Å². The van der Waals surface area contributed by atoms with Gasteiger partial charge in [0.15, 0.2) is 9.84 Å². The van der Waals surface area contributed by atoms with E-state index in [1.807, 2.05) is 0 Å². The molecule has 0 aromatic rings. The number of aliphatic carboxylic acids is 1. The fourth-order valence-corrected chi connectivity index (χ4v) is 4.69. The van der Waals surface area contributed by atoms with Crippen LogP contribution in [-0.4, -0.2) is 42.9 Å². The molecule has 20 heavy (non-hydrogen) atoms. The predicted molar refractivity (Wildman–Crippen MR) is 72.9 cm³/mol. The third-order valence-corrected chi connectivity index (χ3v) is 6.08. The van der Waals surface area contributed by atoms with Gasteiger partial charge < -0.3 is 10.4 Å². The smallest absolute Gasteiger partial charge is 0.306 e. The molecule has 1 amide bonds. The van der Waals surface area contributed by atoms with Crippen LogP contribution in [-0.2, 0) is 19.4 Å². The maximum Gasteiger partial charge on any atom is 0.306 e. The van der Waals surface area contributed by atoms with Crippen molar-refractivity contribution in [3.05, 3.63) is 0 Å². The second-order valence-electron chi connectivity index (χ2n) is 5.85. The molecule has 2 fully saturated rings. The Morgan fingerprint density at radius 3 is 2.15 bits per heavy atom. The van der Waals surface area contributed by atoms with Gasteiger partial charge in [-0.2, -0.15) is 0 Å². The number of carbonyl (C=O) groups is 2. The summed E-state index contributed by atoms with van der Waals surface area (Å²) < 4.78 is 23.0. The lowest BCUT2D eigenvalue weighted by Crippen LogP contribution is -2.46. The summed E-state index contributed by atoms with van der Waals surface area (Å²) in [5.74, 6) is -1.17. The number of carboxylic acids is 1. The van der Waals surface area contributed by atoms with Crippen molar-refractivity contribution in [1.82, 2.24) is 5.32 Å². The van der Waals surface area contributed by atoms with E-state index in [1.54, 1.807) is 0 Å². The Balaban J connectivity index is 1.82. The lowest BCUT2D eigenvalue weighted by molar-refractivity contribution is -0.144. The number of hydrogen-bond donors (Lipinski definition) is 2. The first kappa shape index (κ1) is 15.3. The van der Waals surface area contributed by atoms with Crippen molar-refractivity contribution >= 4 is 21.7 Å². The largest absolute Gasteiger partial charge is 0.481 e. The summed E-state index contributed by atoms with van der Waals surface area (Å²) in [6.45, 7) is 0. The van der Waals surface area contributed by atoms with Crippen LogP contribution in [0.4, 0.5) is 0 Å². The van der Waals surface area contributed by atoms with Gasteiger partial charge in [-0.15, -0.1) is 0 Å². The maximum absolute atomic E-state index is 12.1. The van der Waals surface area contributed by atoms with E-state index >= 15 is 0 Å². The van der Waals surface area contributed by atoms with E-state index < -0.39 is 15.8 Å². The summed E-state index contributed by atoms with van der Waals surface area (Å²) in [4.78, 5) is 23.0. The van der Waals surface area contributed by atoms with Gasteiger partial charge in [0, 0.05) is 12.0 Å². The SMILES string of the molecule is O=C(O)C1CCC(C(=O)NC2CCCS(=O)(=O)C2)CC1. The Labute approximate surface area is 118 Å². The predicted octanol–water partition coefficient (Wildman–Crippen LogP) is 0.571. The molecule has 1 saturated heterocycles. The summed E-state index contributed by atoms with van der Waals surface area (Å²) in [7, 11) is -3.02. The lowest BCUT2D eigenvalue weighted by Gasteiger charge is -2.28. The average Bonchev–Trinajstić information content (AvgIpc) is 2.37. The third kappa shape index (κ3) is 3.94. The molecule has 1 heterocycles. The highest BCUT2D eigenvalue weighted by molar-refractivity contribution is 7.91. The second-order valence-corrected chi connectivity index (χ2v) is 8.08. The lowest BCUT2D eigenvalue weighted by atomic mass is 9.81. The fraction of sp³-hybridized carbons (Fsp3) is 0.846. The van der Waals surface area contributed by atoms with Crippen LogP contribution in [0.3, 0.4) is 0 Å². The molecule has 1 aliphatic heterocycles. The zero-order valence-corrected chi connectivity index (χ0v) is 12.2. The van der Waals surface area contributed by atoms with Crippen LogP contribution in [0.1, 0.15) is 38.5 Å². The highest BCUT2D eigenvalue weighted by Gasteiger charge is 2.32. The standard InChI is InChI=1S/C13H21NO5S/c15-12(9-3-5-10(6-4-9)13(16)17)14-11-2-1-7-20(18,19)8-11/h9-11H,1-8H2,(H,14,15)(H,16,17). The molecule has 2 aliphatic rings. The van der Waals surface area contributed by atoms with Crippen LogP contribution >= 0.6 is 0 Å². The highest BCUT2D eigenvalue weighted by atomic mass is 32.2. The first-order valence-corrected chi connectivity index (χ1v) is 8.93. The molecule has 2 rings (SSSR count). The number of rotatable bonds is 3. The molecule has 2 N–H and O–H groups in total. The Bertz CT molecular complexity index is 479. The number of nitrogens with one attached hydrogen (secondary N) is 1. The summed E-state index contributed by atoms with van der Waals surface area (Å²) in [5.41, 5.74) is 0. The molecule has 1 atom stereocenters. The molecule has 7 heteroatoms. The molecule has 1 saturated carbocycles. The molecule has 0 aromatic heterocycles. The van der Waals surface area contributed by atoms with Crippen molar-refractivity contribution in [1.29, 1.82) is 0 Å². The minimum atomic E-state index is -3.02. The monoisotopic (exact) mass is 303 g/mol. The normalized spacial score (nSPS) is 33.3. The zero-order chi connectivity index (χ0) is 14.8. The number of sulfone groups is 1. The van der Waals surface area contributed by atoms with Crippen LogP contribution in [0.2, 0.25) is 0 Å². The van der Waals surface area contributed by atoms with Gasteiger partial charge in [-0.1, -0.05) is 0 Å². The second kappa shape index (κ2) is 6.11. The molecule has 6 nitrogen and oxygen atoms in total. The van der Waals surface area contributed by atoms with E-state index in [9.17, 15) is 18.0 Å². The first-order valence-electron chi connectivity index (χ1n) is 7.11. The average molecular weight is 303 g/mol. The molecule has 0 bridgehead atoms. The van der Waals surface area contributed by atoms with Crippen molar-refractivity contribution in [2.24, 2.45) is 11.8 Å². The summed E-state index contributed by atoms with van der Waals surface area (Å²) in [5, 5.41) is 11.7. The van der Waals surface area contributed by atoms with E-state index in [0.717, 1.165) is 0 Å². The van der Waals surface area contributed by atoms with E-state index in [2.05, 4.69) is 5.32 Å².